The van der Waals surface area contributed by atoms with Gasteiger partial charge >= 0.3 is 0 Å². The fraction of sp³-hybridized carbons (Fsp3) is 0.333. The quantitative estimate of drug-likeness (QED) is 0.859. The van der Waals surface area contributed by atoms with Gasteiger partial charge < -0.3 is 5.32 Å². The van der Waals surface area contributed by atoms with E-state index >= 15 is 0 Å². The number of thiophene rings is 1. The van der Waals surface area contributed by atoms with E-state index in [1.54, 1.807) is 11.3 Å². The van der Waals surface area contributed by atoms with Crippen molar-refractivity contribution in [1.29, 1.82) is 0 Å². The summed E-state index contributed by atoms with van der Waals surface area (Å²) < 4.78 is 0. The van der Waals surface area contributed by atoms with Gasteiger partial charge in [0.05, 0.1) is 0 Å². The molecule has 1 aliphatic rings. The highest BCUT2D eigenvalue weighted by Crippen LogP contribution is 2.31. The van der Waals surface area contributed by atoms with Crippen molar-refractivity contribution in [2.45, 2.75) is 32.4 Å². The minimum atomic E-state index is 0.722. The zero-order chi connectivity index (χ0) is 12.5. The predicted octanol–water partition coefficient (Wildman–Crippen LogP) is 4.63. The van der Waals surface area contributed by atoms with Gasteiger partial charge in [0.1, 0.15) is 0 Å². The van der Waals surface area contributed by atoms with Crippen molar-refractivity contribution < 1.29 is 0 Å². The van der Waals surface area contributed by atoms with Gasteiger partial charge in [-0.15, -0.1) is 11.3 Å². The maximum atomic E-state index is 6.37. The van der Waals surface area contributed by atoms with Crippen molar-refractivity contribution in [3.63, 3.8) is 0 Å². The molecule has 0 atom stereocenters. The summed E-state index contributed by atoms with van der Waals surface area (Å²) in [7, 11) is 0. The van der Waals surface area contributed by atoms with Gasteiger partial charge in [0.15, 0.2) is 0 Å². The standard InChI is InChI=1S/C15H16ClNS/c1-10-14(6-7-18-10)11-2-3-12(15(16)8-11)9-17-13-4-5-13/h2-3,6-8,13,17H,4-5,9H2,1H3. The summed E-state index contributed by atoms with van der Waals surface area (Å²) >= 11 is 8.14. The zero-order valence-corrected chi connectivity index (χ0v) is 11.9. The van der Waals surface area contributed by atoms with E-state index in [-0.39, 0.29) is 0 Å². The molecule has 0 saturated heterocycles. The minimum absolute atomic E-state index is 0.722. The van der Waals surface area contributed by atoms with Crippen LogP contribution in [0.15, 0.2) is 29.6 Å². The van der Waals surface area contributed by atoms with Crippen molar-refractivity contribution in [3.8, 4) is 11.1 Å². The molecule has 1 aromatic heterocycles. The Hall–Kier alpha value is -0.830. The van der Waals surface area contributed by atoms with Crippen LogP contribution >= 0.6 is 22.9 Å². The second-order valence-corrected chi connectivity index (χ2v) is 6.38. The van der Waals surface area contributed by atoms with Gasteiger partial charge in [0.25, 0.3) is 0 Å². The average Bonchev–Trinajstić information content (AvgIpc) is 3.09. The number of nitrogens with one attached hydrogen (secondary N) is 1. The van der Waals surface area contributed by atoms with Crippen LogP contribution in [0.2, 0.25) is 5.02 Å². The molecule has 1 aromatic carbocycles. The lowest BCUT2D eigenvalue weighted by atomic mass is 10.0. The molecule has 1 aliphatic carbocycles. The molecular weight excluding hydrogens is 262 g/mol. The lowest BCUT2D eigenvalue weighted by Gasteiger charge is -2.08. The minimum Gasteiger partial charge on any atom is -0.310 e. The molecule has 0 radical (unpaired) electrons. The van der Waals surface area contributed by atoms with Gasteiger partial charge in [-0.3, -0.25) is 0 Å². The van der Waals surface area contributed by atoms with Crippen LogP contribution in [0.25, 0.3) is 11.1 Å². The van der Waals surface area contributed by atoms with Crippen LogP contribution in [0.1, 0.15) is 23.3 Å². The van der Waals surface area contributed by atoms with Crippen LogP contribution in [0.4, 0.5) is 0 Å². The van der Waals surface area contributed by atoms with Crippen LogP contribution in [0.3, 0.4) is 0 Å². The summed E-state index contributed by atoms with van der Waals surface area (Å²) in [6.45, 7) is 3.03. The Labute approximate surface area is 117 Å². The van der Waals surface area contributed by atoms with E-state index in [4.69, 9.17) is 11.6 Å². The van der Waals surface area contributed by atoms with Crippen LogP contribution in [-0.2, 0) is 6.54 Å². The molecule has 1 N–H and O–H groups in total. The molecule has 18 heavy (non-hydrogen) atoms. The Morgan fingerprint density at radius 2 is 2.17 bits per heavy atom. The lowest BCUT2D eigenvalue weighted by molar-refractivity contribution is 0.688. The Balaban J connectivity index is 1.81. The van der Waals surface area contributed by atoms with E-state index in [1.165, 1.54) is 34.4 Å². The molecule has 0 spiro atoms. The Bertz CT molecular complexity index is 557. The SMILES string of the molecule is Cc1sccc1-c1ccc(CNC2CC2)c(Cl)c1. The van der Waals surface area contributed by atoms with Gasteiger partial charge in [0.2, 0.25) is 0 Å². The van der Waals surface area contributed by atoms with Gasteiger partial charge in [-0.25, -0.2) is 0 Å². The number of aryl methyl sites for hydroxylation is 1. The molecule has 1 saturated carbocycles. The molecule has 1 fully saturated rings. The predicted molar refractivity (Wildman–Crippen MR) is 79.4 cm³/mol. The maximum absolute atomic E-state index is 6.37. The van der Waals surface area contributed by atoms with Crippen molar-refractivity contribution in [1.82, 2.24) is 5.32 Å². The summed E-state index contributed by atoms with van der Waals surface area (Å²) in [5, 5.41) is 6.49. The second kappa shape index (κ2) is 5.04. The first-order valence-corrected chi connectivity index (χ1v) is 7.56. The fourth-order valence-electron chi connectivity index (χ4n) is 2.08. The molecule has 3 rings (SSSR count). The van der Waals surface area contributed by atoms with Gasteiger partial charge in [-0.2, -0.15) is 0 Å². The molecular formula is C15H16ClNS. The highest BCUT2D eigenvalue weighted by atomic mass is 35.5. The highest BCUT2D eigenvalue weighted by molar-refractivity contribution is 7.10. The van der Waals surface area contributed by atoms with Crippen molar-refractivity contribution in [3.05, 3.63) is 45.1 Å². The summed E-state index contributed by atoms with van der Waals surface area (Å²) in [5.74, 6) is 0. The lowest BCUT2D eigenvalue weighted by Crippen LogP contribution is -2.15. The van der Waals surface area contributed by atoms with Gasteiger partial charge in [-0.1, -0.05) is 23.7 Å². The molecule has 94 valence electrons. The Kier molecular flexibility index (Phi) is 3.42. The van der Waals surface area contributed by atoms with E-state index in [2.05, 4.69) is 41.9 Å². The van der Waals surface area contributed by atoms with Crippen LogP contribution < -0.4 is 5.32 Å². The Morgan fingerprint density at radius 1 is 1.33 bits per heavy atom. The van der Waals surface area contributed by atoms with Crippen LogP contribution in [-0.4, -0.2) is 6.04 Å². The molecule has 1 nitrogen and oxygen atoms in total. The van der Waals surface area contributed by atoms with Crippen LogP contribution in [0, 0.1) is 6.92 Å². The van der Waals surface area contributed by atoms with Crippen molar-refractivity contribution in [2.24, 2.45) is 0 Å². The molecule has 0 amide bonds. The second-order valence-electron chi connectivity index (χ2n) is 4.85. The summed E-state index contributed by atoms with van der Waals surface area (Å²) in [4.78, 5) is 1.34. The third kappa shape index (κ3) is 2.61. The first kappa shape index (κ1) is 12.2. The zero-order valence-electron chi connectivity index (χ0n) is 10.4. The number of halogens is 1. The average molecular weight is 278 g/mol. The summed E-state index contributed by atoms with van der Waals surface area (Å²) in [6, 6.07) is 9.28. The maximum Gasteiger partial charge on any atom is 0.0457 e. The van der Waals surface area contributed by atoms with Gasteiger partial charge in [-0.05, 0) is 54.0 Å². The third-order valence-corrected chi connectivity index (χ3v) is 4.58. The fourth-order valence-corrected chi connectivity index (χ4v) is 3.05. The summed E-state index contributed by atoms with van der Waals surface area (Å²) in [6.07, 6.45) is 2.62. The van der Waals surface area contributed by atoms with E-state index in [1.807, 2.05) is 0 Å². The van der Waals surface area contributed by atoms with E-state index in [0.717, 1.165) is 17.6 Å². The number of rotatable bonds is 4. The topological polar surface area (TPSA) is 12.0 Å². The smallest absolute Gasteiger partial charge is 0.0457 e. The molecule has 0 aliphatic heterocycles. The Morgan fingerprint density at radius 3 is 2.78 bits per heavy atom. The number of hydrogen-bond acceptors (Lipinski definition) is 2. The van der Waals surface area contributed by atoms with Gasteiger partial charge in [0, 0.05) is 22.5 Å². The number of benzene rings is 1. The van der Waals surface area contributed by atoms with E-state index in [9.17, 15) is 0 Å². The van der Waals surface area contributed by atoms with Crippen molar-refractivity contribution in [2.75, 3.05) is 0 Å². The van der Waals surface area contributed by atoms with Crippen LogP contribution in [0.5, 0.6) is 0 Å². The first-order valence-electron chi connectivity index (χ1n) is 6.30. The number of hydrogen-bond donors (Lipinski definition) is 1. The molecule has 0 bridgehead atoms. The third-order valence-electron chi connectivity index (χ3n) is 3.38. The largest absolute Gasteiger partial charge is 0.310 e. The highest BCUT2D eigenvalue weighted by Gasteiger charge is 2.20. The molecule has 3 heteroatoms. The molecule has 0 unspecified atom stereocenters. The van der Waals surface area contributed by atoms with Crippen molar-refractivity contribution >= 4 is 22.9 Å². The normalized spacial score (nSPS) is 15.0. The molecule has 2 aromatic rings. The first-order chi connectivity index (χ1) is 8.74. The van der Waals surface area contributed by atoms with E-state index in [0.29, 0.717) is 0 Å². The summed E-state index contributed by atoms with van der Waals surface area (Å²) in [5.41, 5.74) is 3.71. The monoisotopic (exact) mass is 277 g/mol. The van der Waals surface area contributed by atoms with E-state index < -0.39 is 0 Å². The molecule has 1 heterocycles.